The molecule has 0 N–H and O–H groups in total. The predicted molar refractivity (Wildman–Crippen MR) is 87.8 cm³/mol. The molecule has 0 spiro atoms. The van der Waals surface area contributed by atoms with E-state index in [0.717, 1.165) is 51.0 Å². The van der Waals surface area contributed by atoms with E-state index < -0.39 is 17.9 Å². The number of halogens is 2. The molecule has 0 atom stereocenters. The average molecular weight is 356 g/mol. The summed E-state index contributed by atoms with van der Waals surface area (Å²) in [6.07, 6.45) is 3.21. The highest BCUT2D eigenvalue weighted by molar-refractivity contribution is 5.19. The highest BCUT2D eigenvalue weighted by Gasteiger charge is 2.27. The molecule has 2 fully saturated rings. The van der Waals surface area contributed by atoms with E-state index in [9.17, 15) is 8.78 Å². The molecular formula is C19H26F2O4. The molecule has 1 aromatic rings. The highest BCUT2D eigenvalue weighted by atomic mass is 19.2. The summed E-state index contributed by atoms with van der Waals surface area (Å²) in [6.45, 7) is 4.76. The summed E-state index contributed by atoms with van der Waals surface area (Å²) in [6, 6.07) is 3.70. The minimum atomic E-state index is -0.889. The van der Waals surface area contributed by atoms with Gasteiger partial charge in [0, 0.05) is 17.4 Å². The first-order valence-electron chi connectivity index (χ1n) is 9.07. The second kappa shape index (κ2) is 9.03. The van der Waals surface area contributed by atoms with Gasteiger partial charge in [0.15, 0.2) is 24.2 Å². The summed E-state index contributed by atoms with van der Waals surface area (Å²) in [4.78, 5) is 0. The van der Waals surface area contributed by atoms with Crippen molar-refractivity contribution in [2.45, 2.75) is 45.2 Å². The van der Waals surface area contributed by atoms with E-state index in [1.165, 1.54) is 6.07 Å². The summed E-state index contributed by atoms with van der Waals surface area (Å²) in [5.74, 6) is -0.993. The first kappa shape index (κ1) is 18.7. The van der Waals surface area contributed by atoms with Crippen molar-refractivity contribution in [3.05, 3.63) is 35.4 Å². The fourth-order valence-electron chi connectivity index (χ4n) is 3.26. The summed E-state index contributed by atoms with van der Waals surface area (Å²) < 4.78 is 49.2. The first-order valence-corrected chi connectivity index (χ1v) is 9.07. The van der Waals surface area contributed by atoms with Crippen LogP contribution in [0.15, 0.2) is 18.2 Å². The molecule has 0 amide bonds. The summed E-state index contributed by atoms with van der Waals surface area (Å²) in [5.41, 5.74) is 0.498. The molecule has 2 heterocycles. The zero-order valence-corrected chi connectivity index (χ0v) is 14.6. The Labute approximate surface area is 147 Å². The van der Waals surface area contributed by atoms with Crippen LogP contribution >= 0.6 is 0 Å². The van der Waals surface area contributed by atoms with Crippen LogP contribution in [0.5, 0.6) is 0 Å². The van der Waals surface area contributed by atoms with Crippen molar-refractivity contribution in [2.24, 2.45) is 11.8 Å². The molecule has 4 nitrogen and oxygen atoms in total. The van der Waals surface area contributed by atoms with Crippen molar-refractivity contribution < 1.29 is 27.7 Å². The maximum atomic E-state index is 13.3. The Balaban J connectivity index is 1.37. The topological polar surface area (TPSA) is 36.9 Å². The molecule has 1 aromatic carbocycles. The third-order valence-electron chi connectivity index (χ3n) is 4.73. The van der Waals surface area contributed by atoms with Gasteiger partial charge in [-0.05, 0) is 31.4 Å². The lowest BCUT2D eigenvalue weighted by Gasteiger charge is -2.32. The first-order chi connectivity index (χ1) is 12.2. The van der Waals surface area contributed by atoms with Crippen molar-refractivity contribution in [3.8, 4) is 0 Å². The van der Waals surface area contributed by atoms with E-state index in [1.54, 1.807) is 0 Å². The molecule has 0 aromatic heterocycles. The Morgan fingerprint density at radius 3 is 2.12 bits per heavy atom. The zero-order chi connectivity index (χ0) is 17.6. The molecule has 0 saturated carbocycles. The van der Waals surface area contributed by atoms with E-state index in [2.05, 4.69) is 6.92 Å². The molecule has 2 saturated heterocycles. The monoisotopic (exact) mass is 356 g/mol. The van der Waals surface area contributed by atoms with Gasteiger partial charge in [0.25, 0.3) is 0 Å². The normalized spacial score (nSPS) is 30.4. The van der Waals surface area contributed by atoms with Crippen molar-refractivity contribution in [1.29, 1.82) is 0 Å². The van der Waals surface area contributed by atoms with Gasteiger partial charge in [0.05, 0.1) is 26.4 Å². The highest BCUT2D eigenvalue weighted by Crippen LogP contribution is 2.29. The lowest BCUT2D eigenvalue weighted by atomic mass is 10.0. The molecule has 0 radical (unpaired) electrons. The quantitative estimate of drug-likeness (QED) is 0.766. The van der Waals surface area contributed by atoms with E-state index in [4.69, 9.17) is 18.9 Å². The lowest BCUT2D eigenvalue weighted by molar-refractivity contribution is -0.220. The predicted octanol–water partition coefficient (Wildman–Crippen LogP) is 4.20. The summed E-state index contributed by atoms with van der Waals surface area (Å²) in [7, 11) is 0. The molecule has 2 aliphatic heterocycles. The van der Waals surface area contributed by atoms with Crippen LogP contribution in [-0.2, 0) is 18.9 Å². The Bertz CT molecular complexity index is 538. The number of ether oxygens (including phenoxy) is 4. The van der Waals surface area contributed by atoms with Crippen LogP contribution in [-0.4, -0.2) is 32.7 Å². The fraction of sp³-hybridized carbons (Fsp3) is 0.684. The van der Waals surface area contributed by atoms with Gasteiger partial charge in [0.2, 0.25) is 0 Å². The minimum absolute atomic E-state index is 0.142. The second-order valence-corrected chi connectivity index (χ2v) is 6.87. The minimum Gasteiger partial charge on any atom is -0.352 e. The number of hydrogen-bond acceptors (Lipinski definition) is 4. The maximum Gasteiger partial charge on any atom is 0.183 e. The molecule has 140 valence electrons. The van der Waals surface area contributed by atoms with Gasteiger partial charge in [0.1, 0.15) is 0 Å². The van der Waals surface area contributed by atoms with Crippen LogP contribution in [0.25, 0.3) is 0 Å². The Kier molecular flexibility index (Phi) is 6.76. The van der Waals surface area contributed by atoms with Crippen molar-refractivity contribution in [2.75, 3.05) is 26.4 Å². The SMILES string of the molecule is CCCC1COC(CCC2COC(c3ccc(F)c(F)c3)OC2)OC1. The van der Waals surface area contributed by atoms with Gasteiger partial charge in [-0.1, -0.05) is 19.4 Å². The second-order valence-electron chi connectivity index (χ2n) is 6.87. The zero-order valence-electron chi connectivity index (χ0n) is 14.6. The van der Waals surface area contributed by atoms with Gasteiger partial charge < -0.3 is 18.9 Å². The molecule has 0 aliphatic carbocycles. The van der Waals surface area contributed by atoms with E-state index >= 15 is 0 Å². The largest absolute Gasteiger partial charge is 0.352 e. The van der Waals surface area contributed by atoms with Crippen LogP contribution < -0.4 is 0 Å². The average Bonchev–Trinajstić information content (AvgIpc) is 2.64. The molecule has 0 unspecified atom stereocenters. The van der Waals surface area contributed by atoms with Crippen LogP contribution in [0.1, 0.15) is 44.5 Å². The van der Waals surface area contributed by atoms with E-state index in [-0.39, 0.29) is 12.2 Å². The molecule has 0 bridgehead atoms. The van der Waals surface area contributed by atoms with Gasteiger partial charge in [-0.3, -0.25) is 0 Å². The van der Waals surface area contributed by atoms with Crippen LogP contribution in [0, 0.1) is 23.5 Å². The van der Waals surface area contributed by atoms with Gasteiger partial charge in [-0.25, -0.2) is 8.78 Å². The van der Waals surface area contributed by atoms with Gasteiger partial charge in [-0.2, -0.15) is 0 Å². The third kappa shape index (κ3) is 5.20. The third-order valence-corrected chi connectivity index (χ3v) is 4.73. The molecule has 6 heteroatoms. The number of benzene rings is 1. The van der Waals surface area contributed by atoms with E-state index in [0.29, 0.717) is 24.7 Å². The Hall–Kier alpha value is -1.08. The Morgan fingerprint density at radius 2 is 1.48 bits per heavy atom. The van der Waals surface area contributed by atoms with Crippen LogP contribution in [0.4, 0.5) is 8.78 Å². The van der Waals surface area contributed by atoms with Crippen LogP contribution in [0.2, 0.25) is 0 Å². The number of rotatable bonds is 6. The summed E-state index contributed by atoms with van der Waals surface area (Å²) in [5, 5.41) is 0. The van der Waals surface area contributed by atoms with Gasteiger partial charge >= 0.3 is 0 Å². The molecular weight excluding hydrogens is 330 g/mol. The molecule has 3 rings (SSSR count). The van der Waals surface area contributed by atoms with Crippen molar-refractivity contribution in [3.63, 3.8) is 0 Å². The maximum absolute atomic E-state index is 13.3. The standard InChI is InChI=1S/C19H26F2O4/c1-2-3-13-9-22-18(23-10-13)7-4-14-11-24-19(25-12-14)15-5-6-16(20)17(21)8-15/h5-6,8,13-14,18-19H,2-4,7,9-12H2,1H3. The van der Waals surface area contributed by atoms with Crippen molar-refractivity contribution >= 4 is 0 Å². The smallest absolute Gasteiger partial charge is 0.183 e. The van der Waals surface area contributed by atoms with Gasteiger partial charge in [-0.15, -0.1) is 0 Å². The Morgan fingerprint density at radius 1 is 0.840 bits per heavy atom. The summed E-state index contributed by atoms with van der Waals surface area (Å²) >= 11 is 0. The fourth-order valence-corrected chi connectivity index (χ4v) is 3.26. The van der Waals surface area contributed by atoms with Crippen LogP contribution in [0.3, 0.4) is 0 Å². The molecule has 2 aliphatic rings. The molecule has 25 heavy (non-hydrogen) atoms. The van der Waals surface area contributed by atoms with Crippen molar-refractivity contribution in [1.82, 2.24) is 0 Å². The lowest BCUT2D eigenvalue weighted by Crippen LogP contribution is -2.33. The number of hydrogen-bond donors (Lipinski definition) is 0. The van der Waals surface area contributed by atoms with E-state index in [1.807, 2.05) is 0 Å².